The highest BCUT2D eigenvalue weighted by molar-refractivity contribution is 6.31. The van der Waals surface area contributed by atoms with Crippen molar-refractivity contribution in [2.24, 2.45) is 5.84 Å². The van der Waals surface area contributed by atoms with E-state index >= 15 is 0 Å². The van der Waals surface area contributed by atoms with Gasteiger partial charge in [0.2, 0.25) is 11.8 Å². The summed E-state index contributed by atoms with van der Waals surface area (Å²) in [5, 5.41) is 0.333. The third-order valence-corrected chi connectivity index (χ3v) is 1.63. The number of nitrogen functional groups attached to an aromatic ring is 1. The van der Waals surface area contributed by atoms with Gasteiger partial charge in [0.05, 0.1) is 12.8 Å². The third kappa shape index (κ3) is 2.99. The number of nitrogens with one attached hydrogen (secondary N) is 1. The molecule has 3 N–H and O–H groups in total. The normalized spacial score (nSPS) is 9.93. The van der Waals surface area contributed by atoms with Gasteiger partial charge >= 0.3 is 0 Å². The van der Waals surface area contributed by atoms with Crippen LogP contribution in [-0.4, -0.2) is 30.3 Å². The van der Waals surface area contributed by atoms with Crippen molar-refractivity contribution < 1.29 is 9.47 Å². The fourth-order valence-electron chi connectivity index (χ4n) is 0.744. The average molecular weight is 219 g/mol. The van der Waals surface area contributed by atoms with E-state index in [9.17, 15) is 0 Å². The second kappa shape index (κ2) is 5.58. The van der Waals surface area contributed by atoms with Crippen LogP contribution in [0.3, 0.4) is 0 Å². The van der Waals surface area contributed by atoms with E-state index in [-0.39, 0.29) is 11.8 Å². The van der Waals surface area contributed by atoms with Gasteiger partial charge in [0.25, 0.3) is 0 Å². The van der Waals surface area contributed by atoms with Crippen molar-refractivity contribution in [2.75, 3.05) is 25.7 Å². The van der Waals surface area contributed by atoms with Crippen molar-refractivity contribution in [2.45, 2.75) is 0 Å². The number of anilines is 1. The minimum atomic E-state index is 0.252. The lowest BCUT2D eigenvalue weighted by Gasteiger charge is -2.06. The minimum absolute atomic E-state index is 0.252. The fraction of sp³-hybridized carbons (Fsp3) is 0.429. The van der Waals surface area contributed by atoms with E-state index < -0.39 is 0 Å². The summed E-state index contributed by atoms with van der Waals surface area (Å²) in [5.41, 5.74) is 2.29. The molecule has 1 aromatic heterocycles. The van der Waals surface area contributed by atoms with Crippen molar-refractivity contribution >= 4 is 17.5 Å². The Morgan fingerprint density at radius 2 is 2.36 bits per heavy atom. The van der Waals surface area contributed by atoms with Crippen molar-refractivity contribution in [1.82, 2.24) is 9.97 Å². The molecule has 78 valence electrons. The number of hydrogen-bond acceptors (Lipinski definition) is 6. The first-order chi connectivity index (χ1) is 6.77. The standard InChI is InChI=1S/C7H11ClN4O2/c1-13-2-3-14-6-5(8)4-10-7(11-6)12-9/h4H,2-3,9H2,1H3,(H,10,11,12). The smallest absolute Gasteiger partial charge is 0.240 e. The third-order valence-electron chi connectivity index (χ3n) is 1.37. The first kappa shape index (κ1) is 11.0. The summed E-state index contributed by atoms with van der Waals surface area (Å²) in [6.07, 6.45) is 1.41. The Bertz CT molecular complexity index is 297. The molecule has 0 amide bonds. The Balaban J connectivity index is 2.64. The van der Waals surface area contributed by atoms with Crippen LogP contribution in [0.1, 0.15) is 0 Å². The van der Waals surface area contributed by atoms with Crippen molar-refractivity contribution in [3.05, 3.63) is 11.2 Å². The molecule has 0 unspecified atom stereocenters. The number of ether oxygens (including phenoxy) is 2. The number of rotatable bonds is 5. The molecule has 0 saturated heterocycles. The van der Waals surface area contributed by atoms with Crippen molar-refractivity contribution in [1.29, 1.82) is 0 Å². The highest BCUT2D eigenvalue weighted by atomic mass is 35.5. The topological polar surface area (TPSA) is 82.3 Å². The number of aromatic nitrogens is 2. The van der Waals surface area contributed by atoms with E-state index in [1.165, 1.54) is 6.20 Å². The van der Waals surface area contributed by atoms with Gasteiger partial charge in [-0.25, -0.2) is 10.8 Å². The molecule has 0 saturated carbocycles. The van der Waals surface area contributed by atoms with E-state index in [2.05, 4.69) is 15.4 Å². The van der Waals surface area contributed by atoms with E-state index in [1.807, 2.05) is 0 Å². The molecule has 0 fully saturated rings. The Hall–Kier alpha value is -1.11. The van der Waals surface area contributed by atoms with Crippen LogP contribution in [0.15, 0.2) is 6.20 Å². The van der Waals surface area contributed by atoms with E-state index in [1.54, 1.807) is 7.11 Å². The highest BCUT2D eigenvalue weighted by Crippen LogP contribution is 2.21. The van der Waals surface area contributed by atoms with Gasteiger partial charge in [-0.1, -0.05) is 11.6 Å². The van der Waals surface area contributed by atoms with Gasteiger partial charge in [-0.15, -0.1) is 0 Å². The molecule has 6 nitrogen and oxygen atoms in total. The number of nitrogens with two attached hydrogens (primary N) is 1. The molecule has 0 aliphatic rings. The van der Waals surface area contributed by atoms with Crippen molar-refractivity contribution in [3.8, 4) is 5.88 Å². The molecule has 0 aliphatic heterocycles. The van der Waals surface area contributed by atoms with Crippen LogP contribution in [0, 0.1) is 0 Å². The van der Waals surface area contributed by atoms with Crippen LogP contribution in [0.5, 0.6) is 5.88 Å². The maximum absolute atomic E-state index is 5.77. The van der Waals surface area contributed by atoms with Gasteiger partial charge in [-0.2, -0.15) is 4.98 Å². The average Bonchev–Trinajstić information content (AvgIpc) is 2.21. The number of nitrogens with zero attached hydrogens (tertiary/aromatic N) is 2. The summed E-state index contributed by atoms with van der Waals surface area (Å²) >= 11 is 5.77. The Labute approximate surface area is 86.4 Å². The molecule has 1 heterocycles. The first-order valence-electron chi connectivity index (χ1n) is 3.89. The van der Waals surface area contributed by atoms with Gasteiger partial charge in [-0.3, -0.25) is 5.43 Å². The summed E-state index contributed by atoms with van der Waals surface area (Å²) in [7, 11) is 1.58. The van der Waals surface area contributed by atoms with E-state index in [0.29, 0.717) is 18.2 Å². The molecule has 1 aromatic rings. The van der Waals surface area contributed by atoms with Crippen LogP contribution in [0.25, 0.3) is 0 Å². The molecule has 7 heteroatoms. The second-order valence-electron chi connectivity index (χ2n) is 2.33. The zero-order valence-electron chi connectivity index (χ0n) is 7.66. The van der Waals surface area contributed by atoms with E-state index in [4.69, 9.17) is 26.9 Å². The maximum atomic E-state index is 5.77. The fourth-order valence-corrected chi connectivity index (χ4v) is 0.890. The van der Waals surface area contributed by atoms with Crippen LogP contribution < -0.4 is 16.0 Å². The summed E-state index contributed by atoms with van der Waals surface area (Å²) in [5.74, 6) is 5.66. The molecule has 0 spiro atoms. The molecule has 14 heavy (non-hydrogen) atoms. The quantitative estimate of drug-likeness (QED) is 0.424. The first-order valence-corrected chi connectivity index (χ1v) is 4.26. The van der Waals surface area contributed by atoms with Gasteiger partial charge < -0.3 is 9.47 Å². The molecule has 0 atom stereocenters. The SMILES string of the molecule is COCCOc1nc(NN)ncc1Cl. The lowest BCUT2D eigenvalue weighted by Crippen LogP contribution is -2.12. The van der Waals surface area contributed by atoms with Crippen LogP contribution in [0.4, 0.5) is 5.95 Å². The highest BCUT2D eigenvalue weighted by Gasteiger charge is 2.05. The molecule has 0 aliphatic carbocycles. The largest absolute Gasteiger partial charge is 0.474 e. The number of hydrogen-bond donors (Lipinski definition) is 2. The van der Waals surface area contributed by atoms with Gasteiger partial charge in [0, 0.05) is 7.11 Å². The summed E-state index contributed by atoms with van der Waals surface area (Å²) < 4.78 is 10.0. The Morgan fingerprint density at radius 1 is 1.57 bits per heavy atom. The Kier molecular flexibility index (Phi) is 4.37. The van der Waals surface area contributed by atoms with E-state index in [0.717, 1.165) is 0 Å². The molecular formula is C7H11ClN4O2. The molecule has 0 bridgehead atoms. The molecule has 1 rings (SSSR count). The summed E-state index contributed by atoms with van der Waals surface area (Å²) in [6, 6.07) is 0. The maximum Gasteiger partial charge on any atom is 0.240 e. The second-order valence-corrected chi connectivity index (χ2v) is 2.74. The van der Waals surface area contributed by atoms with Crippen LogP contribution in [-0.2, 0) is 4.74 Å². The zero-order valence-corrected chi connectivity index (χ0v) is 8.41. The Morgan fingerprint density at radius 3 is 3.00 bits per heavy atom. The molecule has 0 aromatic carbocycles. The number of methoxy groups -OCH3 is 1. The lowest BCUT2D eigenvalue weighted by atomic mass is 10.6. The van der Waals surface area contributed by atoms with Gasteiger partial charge in [0.1, 0.15) is 11.6 Å². The van der Waals surface area contributed by atoms with Crippen LogP contribution >= 0.6 is 11.6 Å². The summed E-state index contributed by atoms with van der Waals surface area (Å²) in [4.78, 5) is 7.70. The van der Waals surface area contributed by atoms with Crippen molar-refractivity contribution in [3.63, 3.8) is 0 Å². The predicted molar refractivity (Wildman–Crippen MR) is 52.2 cm³/mol. The minimum Gasteiger partial charge on any atom is -0.474 e. The molecule has 0 radical (unpaired) electrons. The summed E-state index contributed by atoms with van der Waals surface area (Å²) in [6.45, 7) is 0.836. The molecular weight excluding hydrogens is 208 g/mol. The predicted octanol–water partition coefficient (Wildman–Crippen LogP) is 0.441. The van der Waals surface area contributed by atoms with Gasteiger partial charge in [-0.05, 0) is 0 Å². The van der Waals surface area contributed by atoms with Gasteiger partial charge in [0.15, 0.2) is 0 Å². The lowest BCUT2D eigenvalue weighted by molar-refractivity contribution is 0.144. The van der Waals surface area contributed by atoms with Crippen LogP contribution in [0.2, 0.25) is 5.02 Å². The number of hydrazine groups is 1. The monoisotopic (exact) mass is 218 g/mol. The number of halogens is 1. The zero-order chi connectivity index (χ0) is 10.4.